The Morgan fingerprint density at radius 2 is 1.71 bits per heavy atom. The van der Waals surface area contributed by atoms with Crippen LogP contribution in [0.4, 0.5) is 4.39 Å². The number of carbonyl (C=O) groups is 1. The van der Waals surface area contributed by atoms with E-state index in [1.807, 2.05) is 43.3 Å². The SMILES string of the molecule is Cc1cccc(C(=O)N2[C@@H]3CC[C@H]2C[C@@H](c2ccc(F)cc2)C3)c1. The van der Waals surface area contributed by atoms with Crippen LogP contribution in [0.15, 0.2) is 48.5 Å². The van der Waals surface area contributed by atoms with Gasteiger partial charge in [-0.15, -0.1) is 0 Å². The third-order valence-electron chi connectivity index (χ3n) is 5.57. The molecule has 2 heterocycles. The van der Waals surface area contributed by atoms with Crippen LogP contribution < -0.4 is 0 Å². The Hall–Kier alpha value is -2.16. The highest BCUT2D eigenvalue weighted by atomic mass is 19.1. The lowest BCUT2D eigenvalue weighted by molar-refractivity contribution is 0.0571. The molecule has 0 spiro atoms. The van der Waals surface area contributed by atoms with E-state index in [0.717, 1.165) is 36.8 Å². The van der Waals surface area contributed by atoms with Crippen LogP contribution in [0.5, 0.6) is 0 Å². The van der Waals surface area contributed by atoms with E-state index in [1.165, 1.54) is 5.56 Å². The van der Waals surface area contributed by atoms with E-state index >= 15 is 0 Å². The molecule has 0 N–H and O–H groups in total. The topological polar surface area (TPSA) is 20.3 Å². The van der Waals surface area contributed by atoms with Crippen molar-refractivity contribution in [2.75, 3.05) is 0 Å². The zero-order valence-electron chi connectivity index (χ0n) is 13.9. The third-order valence-corrected chi connectivity index (χ3v) is 5.57. The molecule has 0 aromatic heterocycles. The standard InChI is InChI=1S/C21H22FNO/c1-14-3-2-4-16(11-14)21(24)23-19-9-10-20(23)13-17(12-19)15-5-7-18(22)8-6-15/h2-8,11,17,19-20H,9-10,12-13H2,1H3/t17-,19+,20-. The van der Waals surface area contributed by atoms with Gasteiger partial charge in [0.05, 0.1) is 0 Å². The van der Waals surface area contributed by atoms with Gasteiger partial charge in [-0.25, -0.2) is 4.39 Å². The van der Waals surface area contributed by atoms with E-state index in [0.29, 0.717) is 18.0 Å². The largest absolute Gasteiger partial charge is 0.333 e. The van der Waals surface area contributed by atoms with Gasteiger partial charge in [0.25, 0.3) is 5.91 Å². The van der Waals surface area contributed by atoms with Gasteiger partial charge in [-0.3, -0.25) is 4.79 Å². The Morgan fingerprint density at radius 3 is 2.33 bits per heavy atom. The van der Waals surface area contributed by atoms with Crippen molar-refractivity contribution < 1.29 is 9.18 Å². The Morgan fingerprint density at radius 1 is 1.04 bits per heavy atom. The van der Waals surface area contributed by atoms with Crippen molar-refractivity contribution in [2.24, 2.45) is 0 Å². The molecule has 124 valence electrons. The van der Waals surface area contributed by atoms with Gasteiger partial charge in [0.15, 0.2) is 0 Å². The van der Waals surface area contributed by atoms with E-state index in [2.05, 4.69) is 4.90 Å². The minimum absolute atomic E-state index is 0.170. The first-order valence-electron chi connectivity index (χ1n) is 8.76. The van der Waals surface area contributed by atoms with Crippen molar-refractivity contribution in [3.63, 3.8) is 0 Å². The predicted octanol–water partition coefficient (Wildman–Crippen LogP) is 4.68. The van der Waals surface area contributed by atoms with E-state index in [1.54, 1.807) is 12.1 Å². The van der Waals surface area contributed by atoms with Gasteiger partial charge in [0.1, 0.15) is 5.82 Å². The second kappa shape index (κ2) is 6.04. The second-order valence-corrected chi connectivity index (χ2v) is 7.19. The summed E-state index contributed by atoms with van der Waals surface area (Å²) in [4.78, 5) is 15.1. The first-order chi connectivity index (χ1) is 11.6. The van der Waals surface area contributed by atoms with Crippen molar-refractivity contribution >= 4 is 5.91 Å². The van der Waals surface area contributed by atoms with E-state index in [-0.39, 0.29) is 11.7 Å². The smallest absolute Gasteiger partial charge is 0.254 e. The zero-order valence-corrected chi connectivity index (χ0v) is 13.9. The van der Waals surface area contributed by atoms with Crippen molar-refractivity contribution in [3.8, 4) is 0 Å². The number of halogens is 1. The summed E-state index contributed by atoms with van der Waals surface area (Å²) in [7, 11) is 0. The number of hydrogen-bond donors (Lipinski definition) is 0. The average molecular weight is 323 g/mol. The number of piperidine rings is 1. The van der Waals surface area contributed by atoms with Crippen LogP contribution >= 0.6 is 0 Å². The molecule has 2 nitrogen and oxygen atoms in total. The number of fused-ring (bicyclic) bond motifs is 2. The molecule has 2 bridgehead atoms. The lowest BCUT2D eigenvalue weighted by Gasteiger charge is -2.39. The van der Waals surface area contributed by atoms with Gasteiger partial charge in [0.2, 0.25) is 0 Å². The third kappa shape index (κ3) is 2.72. The molecule has 3 heteroatoms. The summed E-state index contributed by atoms with van der Waals surface area (Å²) in [5, 5.41) is 0. The fourth-order valence-electron chi connectivity index (χ4n) is 4.44. The molecule has 2 aromatic rings. The molecular formula is C21H22FNO. The number of rotatable bonds is 2. The molecule has 24 heavy (non-hydrogen) atoms. The summed E-state index contributed by atoms with van der Waals surface area (Å²) in [5.41, 5.74) is 3.12. The molecular weight excluding hydrogens is 301 g/mol. The number of aryl methyl sites for hydroxylation is 1. The first-order valence-corrected chi connectivity index (χ1v) is 8.76. The molecule has 4 rings (SSSR count). The molecule has 0 radical (unpaired) electrons. The summed E-state index contributed by atoms with van der Waals surface area (Å²) in [6.45, 7) is 2.02. The minimum Gasteiger partial charge on any atom is -0.333 e. The minimum atomic E-state index is -0.186. The molecule has 2 aromatic carbocycles. The van der Waals surface area contributed by atoms with Crippen molar-refractivity contribution in [2.45, 2.75) is 50.6 Å². The predicted molar refractivity (Wildman–Crippen MR) is 92.5 cm³/mol. The lowest BCUT2D eigenvalue weighted by atomic mass is 9.84. The summed E-state index contributed by atoms with van der Waals surface area (Å²) in [6, 6.07) is 15.4. The van der Waals surface area contributed by atoms with Gasteiger partial charge < -0.3 is 4.90 Å². The van der Waals surface area contributed by atoms with Crippen LogP contribution in [0, 0.1) is 12.7 Å². The molecule has 0 aliphatic carbocycles. The summed E-state index contributed by atoms with van der Waals surface area (Å²) >= 11 is 0. The quantitative estimate of drug-likeness (QED) is 0.785. The number of carbonyl (C=O) groups excluding carboxylic acids is 1. The molecule has 0 saturated carbocycles. The zero-order chi connectivity index (χ0) is 16.7. The number of nitrogens with zero attached hydrogens (tertiary/aromatic N) is 1. The average Bonchev–Trinajstić information content (AvgIpc) is 2.84. The number of amides is 1. The van der Waals surface area contributed by atoms with Crippen molar-refractivity contribution in [3.05, 3.63) is 71.0 Å². The fourth-order valence-corrected chi connectivity index (χ4v) is 4.44. The van der Waals surface area contributed by atoms with Crippen LogP contribution in [-0.2, 0) is 0 Å². The van der Waals surface area contributed by atoms with Crippen LogP contribution in [0.3, 0.4) is 0 Å². The summed E-state index contributed by atoms with van der Waals surface area (Å²) in [6.07, 6.45) is 4.14. The maximum Gasteiger partial charge on any atom is 0.254 e. The second-order valence-electron chi connectivity index (χ2n) is 7.19. The number of hydrogen-bond acceptors (Lipinski definition) is 1. The summed E-state index contributed by atoms with van der Waals surface area (Å²) in [5.74, 6) is 0.419. The van der Waals surface area contributed by atoms with E-state index in [4.69, 9.17) is 0 Å². The Balaban J connectivity index is 1.55. The monoisotopic (exact) mass is 323 g/mol. The molecule has 1 amide bonds. The van der Waals surface area contributed by atoms with Gasteiger partial charge in [0, 0.05) is 17.6 Å². The van der Waals surface area contributed by atoms with Gasteiger partial charge >= 0.3 is 0 Å². The number of benzene rings is 2. The van der Waals surface area contributed by atoms with Gasteiger partial charge in [-0.1, -0.05) is 29.8 Å². The molecule has 0 unspecified atom stereocenters. The molecule has 2 fully saturated rings. The molecule has 2 aliphatic heterocycles. The van der Waals surface area contributed by atoms with Crippen molar-refractivity contribution in [1.29, 1.82) is 0 Å². The highest BCUT2D eigenvalue weighted by molar-refractivity contribution is 5.95. The highest BCUT2D eigenvalue weighted by Gasteiger charge is 2.43. The normalized spacial score (nSPS) is 25.8. The van der Waals surface area contributed by atoms with Gasteiger partial charge in [-0.05, 0) is 68.4 Å². The van der Waals surface area contributed by atoms with Crippen LogP contribution in [-0.4, -0.2) is 22.9 Å². The van der Waals surface area contributed by atoms with Crippen molar-refractivity contribution in [1.82, 2.24) is 4.90 Å². The van der Waals surface area contributed by atoms with Crippen LogP contribution in [0.2, 0.25) is 0 Å². The molecule has 2 aliphatic rings. The van der Waals surface area contributed by atoms with Gasteiger partial charge in [-0.2, -0.15) is 0 Å². The first kappa shape index (κ1) is 15.4. The van der Waals surface area contributed by atoms with E-state index < -0.39 is 0 Å². The maximum absolute atomic E-state index is 13.2. The summed E-state index contributed by atoms with van der Waals surface area (Å²) < 4.78 is 13.2. The molecule has 2 saturated heterocycles. The Bertz CT molecular complexity index is 741. The Kier molecular flexibility index (Phi) is 3.87. The van der Waals surface area contributed by atoms with E-state index in [9.17, 15) is 9.18 Å². The Labute approximate surface area is 142 Å². The molecule has 3 atom stereocenters. The van der Waals surface area contributed by atoms with Crippen LogP contribution in [0.25, 0.3) is 0 Å². The highest BCUT2D eigenvalue weighted by Crippen LogP contribution is 2.43. The lowest BCUT2D eigenvalue weighted by Crippen LogP contribution is -2.46. The van der Waals surface area contributed by atoms with Crippen LogP contribution in [0.1, 0.15) is 53.1 Å². The fraction of sp³-hybridized carbons (Fsp3) is 0.381. The maximum atomic E-state index is 13.2.